The molecule has 2 amide bonds. The van der Waals surface area contributed by atoms with E-state index in [2.05, 4.69) is 15.4 Å². The van der Waals surface area contributed by atoms with E-state index in [1.54, 1.807) is 42.5 Å². The summed E-state index contributed by atoms with van der Waals surface area (Å²) in [6.45, 7) is 0.788. The molecule has 1 fully saturated rings. The number of carbonyl (C=O) groups is 2. The first-order chi connectivity index (χ1) is 18.2. The van der Waals surface area contributed by atoms with Gasteiger partial charge in [0.15, 0.2) is 5.75 Å². The Kier molecular flexibility index (Phi) is 10.8. The summed E-state index contributed by atoms with van der Waals surface area (Å²) in [6, 6.07) is 18.7. The van der Waals surface area contributed by atoms with Gasteiger partial charge in [-0.3, -0.25) is 14.3 Å². The summed E-state index contributed by atoms with van der Waals surface area (Å²) in [5.41, 5.74) is 0.160. The summed E-state index contributed by atoms with van der Waals surface area (Å²) in [5.74, 6) is -1.05. The van der Waals surface area contributed by atoms with Crippen LogP contribution in [-0.2, 0) is 15.0 Å². The molecule has 0 aromatic heterocycles. The molecular formula is C26H27Cl3N4O5S. The lowest BCUT2D eigenvalue weighted by molar-refractivity contribution is -0.121. The minimum atomic E-state index is -4.56. The van der Waals surface area contributed by atoms with Crippen LogP contribution >= 0.6 is 35.6 Å². The molecule has 1 aliphatic heterocycles. The number of para-hydroxylation sites is 2. The van der Waals surface area contributed by atoms with Gasteiger partial charge in [0.2, 0.25) is 5.91 Å². The molecule has 3 N–H and O–H groups in total. The van der Waals surface area contributed by atoms with E-state index in [4.69, 9.17) is 27.9 Å². The van der Waals surface area contributed by atoms with Crippen molar-refractivity contribution in [1.82, 2.24) is 14.9 Å². The van der Waals surface area contributed by atoms with Crippen LogP contribution in [0.5, 0.6) is 11.5 Å². The first kappa shape index (κ1) is 30.5. The van der Waals surface area contributed by atoms with Crippen molar-refractivity contribution in [2.45, 2.75) is 18.9 Å². The normalized spacial score (nSPS) is 13.6. The summed E-state index contributed by atoms with van der Waals surface area (Å²) in [6.07, 6.45) is 1.42. The van der Waals surface area contributed by atoms with Crippen molar-refractivity contribution in [3.05, 3.63) is 88.4 Å². The van der Waals surface area contributed by atoms with Crippen molar-refractivity contribution in [2.24, 2.45) is 0 Å². The fourth-order valence-electron chi connectivity index (χ4n) is 3.87. The zero-order valence-electron chi connectivity index (χ0n) is 20.6. The van der Waals surface area contributed by atoms with E-state index in [9.17, 15) is 18.0 Å². The van der Waals surface area contributed by atoms with Crippen molar-refractivity contribution in [3.63, 3.8) is 0 Å². The minimum absolute atomic E-state index is 0. The molecule has 13 heteroatoms. The number of halogens is 3. The maximum absolute atomic E-state index is 13.6. The van der Waals surface area contributed by atoms with Gasteiger partial charge in [0.05, 0.1) is 10.7 Å². The third kappa shape index (κ3) is 8.23. The van der Waals surface area contributed by atoms with E-state index < -0.39 is 28.6 Å². The number of amides is 2. The summed E-state index contributed by atoms with van der Waals surface area (Å²) in [4.78, 5) is 26.2. The lowest BCUT2D eigenvalue weighted by Gasteiger charge is -2.27. The van der Waals surface area contributed by atoms with Crippen LogP contribution in [0.2, 0.25) is 10.0 Å². The van der Waals surface area contributed by atoms with Crippen molar-refractivity contribution >= 4 is 63.3 Å². The highest BCUT2D eigenvalue weighted by Gasteiger charge is 2.32. The van der Waals surface area contributed by atoms with Crippen LogP contribution in [0, 0.1) is 0 Å². The SMILES string of the molecule is Cl.O=C(CN(C(=O)c1ccccc1)S(=O)(=O)Nc1ccccc1Oc1ccc(Cl)cc1Cl)NC1CCNCC1. The van der Waals surface area contributed by atoms with Gasteiger partial charge in [-0.25, -0.2) is 4.31 Å². The average molecular weight is 614 g/mol. The molecule has 0 bridgehead atoms. The van der Waals surface area contributed by atoms with Crippen molar-refractivity contribution in [2.75, 3.05) is 24.4 Å². The molecule has 3 aromatic carbocycles. The number of nitrogens with one attached hydrogen (secondary N) is 3. The highest BCUT2D eigenvalue weighted by Crippen LogP contribution is 2.35. The van der Waals surface area contributed by atoms with E-state index in [0.29, 0.717) is 22.2 Å². The monoisotopic (exact) mass is 612 g/mol. The standard InChI is InChI=1S/C26H26Cl2N4O5S.ClH/c27-19-10-11-23(21(28)16-19)37-24-9-5-4-8-22(24)31-38(35,36)32(26(34)18-6-2-1-3-7-18)17-25(33)30-20-12-14-29-15-13-20;/h1-11,16,20,29,31H,12-15,17H2,(H,30,33);1H. The van der Waals surface area contributed by atoms with E-state index >= 15 is 0 Å². The predicted molar refractivity (Wildman–Crippen MR) is 154 cm³/mol. The van der Waals surface area contributed by atoms with Crippen LogP contribution in [0.1, 0.15) is 23.2 Å². The molecule has 1 saturated heterocycles. The number of benzene rings is 3. The molecule has 4 rings (SSSR count). The molecule has 9 nitrogen and oxygen atoms in total. The quantitative estimate of drug-likeness (QED) is 0.317. The largest absolute Gasteiger partial charge is 0.454 e. The Bertz CT molecular complexity index is 1400. The molecule has 0 unspecified atom stereocenters. The van der Waals surface area contributed by atoms with Crippen LogP contribution in [0.4, 0.5) is 5.69 Å². The maximum atomic E-state index is 13.6. The summed E-state index contributed by atoms with van der Waals surface area (Å²) in [5, 5.41) is 6.67. The minimum Gasteiger partial charge on any atom is -0.454 e. The molecule has 0 aliphatic carbocycles. The average Bonchev–Trinajstić information content (AvgIpc) is 2.90. The van der Waals surface area contributed by atoms with E-state index in [-0.39, 0.29) is 46.2 Å². The van der Waals surface area contributed by atoms with Crippen molar-refractivity contribution < 1.29 is 22.7 Å². The lowest BCUT2D eigenvalue weighted by Crippen LogP contribution is -2.50. The van der Waals surface area contributed by atoms with Crippen LogP contribution in [0.25, 0.3) is 0 Å². The Labute approximate surface area is 243 Å². The molecule has 208 valence electrons. The van der Waals surface area contributed by atoms with Crippen LogP contribution in [0.15, 0.2) is 72.8 Å². The second kappa shape index (κ2) is 13.9. The van der Waals surface area contributed by atoms with Gasteiger partial charge >= 0.3 is 10.2 Å². The van der Waals surface area contributed by atoms with Crippen LogP contribution in [0.3, 0.4) is 0 Å². The van der Waals surface area contributed by atoms with Gasteiger partial charge < -0.3 is 15.4 Å². The van der Waals surface area contributed by atoms with Crippen molar-refractivity contribution in [1.29, 1.82) is 0 Å². The fraction of sp³-hybridized carbons (Fsp3) is 0.231. The Balaban J connectivity index is 0.00000420. The van der Waals surface area contributed by atoms with Gasteiger partial charge in [-0.1, -0.05) is 53.5 Å². The molecular weight excluding hydrogens is 587 g/mol. The second-order valence-corrected chi connectivity index (χ2v) is 11.0. The van der Waals surface area contributed by atoms with Gasteiger partial charge in [-0.15, -0.1) is 12.4 Å². The summed E-state index contributed by atoms with van der Waals surface area (Å²) < 4.78 is 35.9. The number of nitrogens with zero attached hydrogens (tertiary/aromatic N) is 1. The van der Waals surface area contributed by atoms with Crippen LogP contribution in [-0.4, -0.2) is 50.2 Å². The zero-order chi connectivity index (χ0) is 27.1. The van der Waals surface area contributed by atoms with Gasteiger partial charge in [0, 0.05) is 16.6 Å². The Morgan fingerprint density at radius 2 is 1.62 bits per heavy atom. The highest BCUT2D eigenvalue weighted by molar-refractivity contribution is 7.91. The molecule has 0 atom stereocenters. The highest BCUT2D eigenvalue weighted by atomic mass is 35.5. The maximum Gasteiger partial charge on any atom is 0.327 e. The molecule has 0 radical (unpaired) electrons. The van der Waals surface area contributed by atoms with E-state index in [1.165, 1.54) is 30.3 Å². The lowest BCUT2D eigenvalue weighted by atomic mass is 10.1. The zero-order valence-corrected chi connectivity index (χ0v) is 23.7. The van der Waals surface area contributed by atoms with Gasteiger partial charge in [0.25, 0.3) is 5.91 Å². The number of anilines is 1. The smallest absolute Gasteiger partial charge is 0.327 e. The second-order valence-electron chi connectivity index (χ2n) is 8.55. The summed E-state index contributed by atoms with van der Waals surface area (Å²) in [7, 11) is -4.56. The van der Waals surface area contributed by atoms with E-state index in [0.717, 1.165) is 13.1 Å². The van der Waals surface area contributed by atoms with Crippen LogP contribution < -0.4 is 20.1 Å². The summed E-state index contributed by atoms with van der Waals surface area (Å²) >= 11 is 12.2. The number of hydrogen-bond acceptors (Lipinski definition) is 6. The number of carbonyl (C=O) groups excluding carboxylic acids is 2. The topological polar surface area (TPSA) is 117 Å². The third-order valence-electron chi connectivity index (χ3n) is 5.77. The van der Waals surface area contributed by atoms with Gasteiger partial charge in [-0.2, -0.15) is 8.42 Å². The Morgan fingerprint density at radius 1 is 0.949 bits per heavy atom. The molecule has 39 heavy (non-hydrogen) atoms. The Hall–Kier alpha value is -3.02. The van der Waals surface area contributed by atoms with Crippen molar-refractivity contribution in [3.8, 4) is 11.5 Å². The number of ether oxygens (including phenoxy) is 1. The number of rotatable bonds is 9. The third-order valence-corrected chi connectivity index (χ3v) is 7.65. The van der Waals surface area contributed by atoms with Gasteiger partial charge in [0.1, 0.15) is 12.3 Å². The first-order valence-corrected chi connectivity index (χ1v) is 14.0. The molecule has 3 aromatic rings. The molecule has 1 aliphatic rings. The first-order valence-electron chi connectivity index (χ1n) is 11.8. The molecule has 0 saturated carbocycles. The number of piperidine rings is 1. The molecule has 1 heterocycles. The Morgan fingerprint density at radius 3 is 2.31 bits per heavy atom. The fourth-order valence-corrected chi connectivity index (χ4v) is 5.49. The predicted octanol–water partition coefficient (Wildman–Crippen LogP) is 4.87. The van der Waals surface area contributed by atoms with E-state index in [1.807, 2.05) is 0 Å². The molecule has 0 spiro atoms. The number of hydrogen-bond donors (Lipinski definition) is 3. The van der Waals surface area contributed by atoms with Gasteiger partial charge in [-0.05, 0) is 68.4 Å².